The highest BCUT2D eigenvalue weighted by atomic mass is 35.5. The molecule has 2 rings (SSSR count). The van der Waals surface area contributed by atoms with Gasteiger partial charge in [-0.1, -0.05) is 49.4 Å². The Morgan fingerprint density at radius 1 is 1.33 bits per heavy atom. The molecule has 132 valence electrons. The Labute approximate surface area is 149 Å². The van der Waals surface area contributed by atoms with Crippen molar-refractivity contribution >= 4 is 18.3 Å². The van der Waals surface area contributed by atoms with Gasteiger partial charge in [-0.25, -0.2) is 4.68 Å². The molecule has 0 aliphatic heterocycles. The van der Waals surface area contributed by atoms with Gasteiger partial charge in [-0.2, -0.15) is 0 Å². The van der Waals surface area contributed by atoms with Crippen LogP contribution in [0.2, 0.25) is 0 Å². The van der Waals surface area contributed by atoms with Crippen LogP contribution in [0.4, 0.5) is 0 Å². The van der Waals surface area contributed by atoms with Gasteiger partial charge in [0.2, 0.25) is 0 Å². The summed E-state index contributed by atoms with van der Waals surface area (Å²) in [6, 6.07) is 9.92. The third-order valence-corrected chi connectivity index (χ3v) is 3.68. The van der Waals surface area contributed by atoms with Crippen LogP contribution in [0, 0.1) is 5.92 Å². The van der Waals surface area contributed by atoms with E-state index in [4.69, 9.17) is 5.73 Å². The number of nitrogens with zero attached hydrogens (tertiary/aromatic N) is 3. The first kappa shape index (κ1) is 20.1. The monoisotopic (exact) mass is 351 g/mol. The predicted molar refractivity (Wildman–Crippen MR) is 97.2 cm³/mol. The predicted octanol–water partition coefficient (Wildman–Crippen LogP) is 2.24. The van der Waals surface area contributed by atoms with Crippen molar-refractivity contribution in [1.29, 1.82) is 0 Å². The zero-order valence-corrected chi connectivity index (χ0v) is 15.2. The summed E-state index contributed by atoms with van der Waals surface area (Å²) in [4.78, 5) is 12.4. The van der Waals surface area contributed by atoms with Gasteiger partial charge in [0.25, 0.3) is 5.91 Å². The number of hydrogen-bond acceptors (Lipinski definition) is 4. The van der Waals surface area contributed by atoms with Crippen molar-refractivity contribution in [2.45, 2.75) is 39.3 Å². The SMILES string of the molecule is CC(C)CC(C)(CN)NC(=O)c1cn(Cc2ccccc2)nn1.Cl. The van der Waals surface area contributed by atoms with Crippen LogP contribution in [0.5, 0.6) is 0 Å². The van der Waals surface area contributed by atoms with Crippen molar-refractivity contribution < 1.29 is 4.79 Å². The zero-order valence-electron chi connectivity index (χ0n) is 14.4. The summed E-state index contributed by atoms with van der Waals surface area (Å²) in [5.74, 6) is 0.204. The number of rotatable bonds is 7. The molecule has 1 atom stereocenters. The highest BCUT2D eigenvalue weighted by Crippen LogP contribution is 2.16. The molecule has 7 heteroatoms. The Balaban J connectivity index is 0.00000288. The largest absolute Gasteiger partial charge is 0.344 e. The maximum atomic E-state index is 12.4. The molecule has 0 spiro atoms. The van der Waals surface area contributed by atoms with Gasteiger partial charge >= 0.3 is 0 Å². The van der Waals surface area contributed by atoms with Crippen LogP contribution in [0.25, 0.3) is 0 Å². The first-order chi connectivity index (χ1) is 10.9. The fourth-order valence-corrected chi connectivity index (χ4v) is 2.67. The van der Waals surface area contributed by atoms with Crippen molar-refractivity contribution in [2.75, 3.05) is 6.54 Å². The van der Waals surface area contributed by atoms with E-state index in [0.29, 0.717) is 24.7 Å². The molecular formula is C17H26ClN5O. The van der Waals surface area contributed by atoms with Crippen molar-refractivity contribution in [3.63, 3.8) is 0 Å². The lowest BCUT2D eigenvalue weighted by Gasteiger charge is -2.30. The molecule has 0 saturated heterocycles. The molecule has 1 aromatic carbocycles. The van der Waals surface area contributed by atoms with E-state index in [1.165, 1.54) is 0 Å². The second kappa shape index (κ2) is 8.80. The Morgan fingerprint density at radius 2 is 2.00 bits per heavy atom. The maximum absolute atomic E-state index is 12.4. The quantitative estimate of drug-likeness (QED) is 0.801. The van der Waals surface area contributed by atoms with E-state index in [-0.39, 0.29) is 18.3 Å². The van der Waals surface area contributed by atoms with Gasteiger partial charge < -0.3 is 11.1 Å². The van der Waals surface area contributed by atoms with Gasteiger partial charge in [-0.3, -0.25) is 4.79 Å². The van der Waals surface area contributed by atoms with E-state index in [9.17, 15) is 4.79 Å². The fourth-order valence-electron chi connectivity index (χ4n) is 2.67. The second-order valence-corrected chi connectivity index (χ2v) is 6.60. The third kappa shape index (κ3) is 5.62. The van der Waals surface area contributed by atoms with E-state index in [1.54, 1.807) is 10.9 Å². The topological polar surface area (TPSA) is 85.8 Å². The van der Waals surface area contributed by atoms with E-state index in [1.807, 2.05) is 37.3 Å². The summed E-state index contributed by atoms with van der Waals surface area (Å²) in [5.41, 5.74) is 6.81. The minimum Gasteiger partial charge on any atom is -0.344 e. The number of carbonyl (C=O) groups is 1. The van der Waals surface area contributed by atoms with Crippen molar-refractivity contribution in [2.24, 2.45) is 11.7 Å². The second-order valence-electron chi connectivity index (χ2n) is 6.60. The van der Waals surface area contributed by atoms with E-state index >= 15 is 0 Å². The normalized spacial score (nSPS) is 13.2. The fraction of sp³-hybridized carbons (Fsp3) is 0.471. The zero-order chi connectivity index (χ0) is 16.9. The molecule has 0 radical (unpaired) electrons. The first-order valence-corrected chi connectivity index (χ1v) is 7.88. The number of aromatic nitrogens is 3. The van der Waals surface area contributed by atoms with E-state index in [0.717, 1.165) is 12.0 Å². The molecule has 0 saturated carbocycles. The molecule has 6 nitrogen and oxygen atoms in total. The van der Waals surface area contributed by atoms with Gasteiger partial charge in [0.15, 0.2) is 5.69 Å². The van der Waals surface area contributed by atoms with Gasteiger partial charge in [0.05, 0.1) is 18.3 Å². The highest BCUT2D eigenvalue weighted by Gasteiger charge is 2.27. The van der Waals surface area contributed by atoms with Gasteiger partial charge in [0, 0.05) is 6.54 Å². The van der Waals surface area contributed by atoms with Crippen LogP contribution in [0.15, 0.2) is 36.5 Å². The lowest BCUT2D eigenvalue weighted by molar-refractivity contribution is 0.0893. The molecule has 1 heterocycles. The van der Waals surface area contributed by atoms with Crippen LogP contribution in [-0.2, 0) is 6.54 Å². The molecule has 1 aromatic heterocycles. The molecule has 0 fully saturated rings. The van der Waals surface area contributed by atoms with Gasteiger partial charge in [-0.15, -0.1) is 17.5 Å². The maximum Gasteiger partial charge on any atom is 0.273 e. The Kier molecular flexibility index (Phi) is 7.38. The summed E-state index contributed by atoms with van der Waals surface area (Å²) in [6.45, 7) is 7.14. The van der Waals surface area contributed by atoms with Crippen LogP contribution in [-0.4, -0.2) is 33.0 Å². The number of nitrogens with one attached hydrogen (secondary N) is 1. The minimum absolute atomic E-state index is 0. The average Bonchev–Trinajstić information content (AvgIpc) is 2.96. The van der Waals surface area contributed by atoms with Crippen molar-refractivity contribution in [3.8, 4) is 0 Å². The Bertz CT molecular complexity index is 643. The standard InChI is InChI=1S/C17H25N5O.ClH/c1-13(2)9-17(3,12-18)19-16(23)15-11-22(21-20-15)10-14-7-5-4-6-8-14;/h4-8,11,13H,9-10,12,18H2,1-3H3,(H,19,23);1H. The summed E-state index contributed by atoms with van der Waals surface area (Å²) in [6.07, 6.45) is 2.47. The number of benzene rings is 1. The Hall–Kier alpha value is -1.92. The molecule has 1 amide bonds. The van der Waals surface area contributed by atoms with Crippen LogP contribution in [0.3, 0.4) is 0 Å². The summed E-state index contributed by atoms with van der Waals surface area (Å²) < 4.78 is 1.66. The lowest BCUT2D eigenvalue weighted by atomic mass is 9.90. The highest BCUT2D eigenvalue weighted by molar-refractivity contribution is 5.92. The molecule has 24 heavy (non-hydrogen) atoms. The van der Waals surface area contributed by atoms with Gasteiger partial charge in [0.1, 0.15) is 0 Å². The molecule has 3 N–H and O–H groups in total. The first-order valence-electron chi connectivity index (χ1n) is 7.88. The summed E-state index contributed by atoms with van der Waals surface area (Å²) in [7, 11) is 0. The van der Waals surface area contributed by atoms with Crippen LogP contribution in [0.1, 0.15) is 43.2 Å². The average molecular weight is 352 g/mol. The van der Waals surface area contributed by atoms with Crippen molar-refractivity contribution in [3.05, 3.63) is 47.8 Å². The Morgan fingerprint density at radius 3 is 2.58 bits per heavy atom. The van der Waals surface area contributed by atoms with Gasteiger partial charge in [-0.05, 0) is 24.8 Å². The molecule has 2 aromatic rings. The van der Waals surface area contributed by atoms with E-state index in [2.05, 4.69) is 29.5 Å². The summed E-state index contributed by atoms with van der Waals surface area (Å²) >= 11 is 0. The number of carbonyl (C=O) groups excluding carboxylic acids is 1. The lowest BCUT2D eigenvalue weighted by Crippen LogP contribution is -2.52. The molecular weight excluding hydrogens is 326 g/mol. The van der Waals surface area contributed by atoms with E-state index < -0.39 is 5.54 Å². The minimum atomic E-state index is -0.436. The molecule has 0 aliphatic carbocycles. The number of halogens is 1. The molecule has 0 aliphatic rings. The molecule has 0 bridgehead atoms. The van der Waals surface area contributed by atoms with Crippen molar-refractivity contribution in [1.82, 2.24) is 20.3 Å². The molecule has 1 unspecified atom stereocenters. The number of nitrogens with two attached hydrogens (primary N) is 1. The number of amides is 1. The number of hydrogen-bond donors (Lipinski definition) is 2. The van der Waals surface area contributed by atoms with Crippen LogP contribution < -0.4 is 11.1 Å². The summed E-state index contributed by atoms with van der Waals surface area (Å²) in [5, 5.41) is 11.0. The third-order valence-electron chi connectivity index (χ3n) is 3.68. The smallest absolute Gasteiger partial charge is 0.273 e. The van der Waals surface area contributed by atoms with Crippen LogP contribution >= 0.6 is 12.4 Å².